The number of hydrogen-bond donors (Lipinski definition) is 4. The number of carbonyl (C=O) groups excluding carboxylic acids is 1. The molecule has 3 heterocycles. The molecule has 1 aromatic carbocycles. The molecule has 1 amide bonds. The monoisotopic (exact) mass is 457 g/mol. The molecule has 0 radical (unpaired) electrons. The summed E-state index contributed by atoms with van der Waals surface area (Å²) in [5, 5.41) is 4.39. The predicted molar refractivity (Wildman–Crippen MR) is 118 cm³/mol. The normalized spacial score (nSPS) is 15.5. The van der Waals surface area contributed by atoms with E-state index >= 15 is 0 Å². The van der Waals surface area contributed by atoms with E-state index in [-0.39, 0.29) is 11.5 Å². The summed E-state index contributed by atoms with van der Waals surface area (Å²) in [6, 6.07) is 3.36. The van der Waals surface area contributed by atoms with E-state index in [1.54, 1.807) is 4.90 Å². The van der Waals surface area contributed by atoms with Crippen LogP contribution in [-0.2, 0) is 4.79 Å². The van der Waals surface area contributed by atoms with E-state index in [2.05, 4.69) is 26.2 Å². The molecule has 33 heavy (non-hydrogen) atoms. The summed E-state index contributed by atoms with van der Waals surface area (Å²) in [6.45, 7) is 0.742. The molecule has 4 N–H and O–H groups in total. The van der Waals surface area contributed by atoms with Crippen molar-refractivity contribution in [1.82, 2.24) is 20.9 Å². The lowest BCUT2D eigenvalue weighted by atomic mass is 10.2. The van der Waals surface area contributed by atoms with Crippen LogP contribution in [0.4, 0.5) is 30.4 Å². The minimum atomic E-state index is -1.01. The Bertz CT molecular complexity index is 1250. The van der Waals surface area contributed by atoms with Gasteiger partial charge in [0, 0.05) is 37.3 Å². The van der Waals surface area contributed by atoms with Gasteiger partial charge in [-0.3, -0.25) is 15.2 Å². The number of hydrogen-bond acceptors (Lipinski definition) is 6. The van der Waals surface area contributed by atoms with E-state index in [9.17, 15) is 18.0 Å². The summed E-state index contributed by atoms with van der Waals surface area (Å²) >= 11 is 0. The topological polar surface area (TPSA) is 88.3 Å². The molecule has 2 aliphatic rings. The highest BCUT2D eigenvalue weighted by Crippen LogP contribution is 2.33. The van der Waals surface area contributed by atoms with Crippen LogP contribution in [0, 0.1) is 23.4 Å². The number of benzene rings is 1. The first kappa shape index (κ1) is 21.1. The van der Waals surface area contributed by atoms with Gasteiger partial charge < -0.3 is 15.2 Å². The highest BCUT2D eigenvalue weighted by atomic mass is 19.2. The third-order valence-electron chi connectivity index (χ3n) is 5.80. The van der Waals surface area contributed by atoms with Crippen molar-refractivity contribution in [2.24, 2.45) is 5.92 Å². The largest absolute Gasteiger partial charge is 0.359 e. The minimum absolute atomic E-state index is 0.137. The maximum Gasteiger partial charge on any atom is 0.274 e. The number of nitrogens with one attached hydrogen (secondary N) is 4. The number of H-pyrrole nitrogens is 1. The van der Waals surface area contributed by atoms with Crippen molar-refractivity contribution in [3.63, 3.8) is 0 Å². The number of amides is 1. The van der Waals surface area contributed by atoms with Gasteiger partial charge >= 0.3 is 0 Å². The van der Waals surface area contributed by atoms with E-state index in [0.717, 1.165) is 31.0 Å². The molecule has 1 aliphatic heterocycles. The molecule has 8 nitrogen and oxygen atoms in total. The van der Waals surface area contributed by atoms with Gasteiger partial charge in [-0.2, -0.15) is 0 Å². The standard InChI is InChI=1S/C22H22F3N7O/c1-31(5-4-12-2-3-12)21-17(25)6-13(9-27-21)32-11-20(29-30-32)22(33)28-19-10-26-18-8-16(24)15(23)7-14(18)19/h6-12,26,29-30H,2-5H2,1H3,(H,28,33). The fourth-order valence-electron chi connectivity index (χ4n) is 3.70. The van der Waals surface area contributed by atoms with Crippen LogP contribution in [0.2, 0.25) is 0 Å². The number of rotatable bonds is 7. The van der Waals surface area contributed by atoms with Crippen molar-refractivity contribution in [2.45, 2.75) is 19.3 Å². The van der Waals surface area contributed by atoms with E-state index < -0.39 is 23.4 Å². The summed E-state index contributed by atoms with van der Waals surface area (Å²) in [4.78, 5) is 21.5. The number of hydrazine groups is 2. The van der Waals surface area contributed by atoms with Crippen LogP contribution >= 0.6 is 0 Å². The second kappa shape index (κ2) is 8.32. The number of aromatic nitrogens is 2. The molecule has 3 aromatic rings. The number of nitrogens with zero attached hydrogens (tertiary/aromatic N) is 3. The molecule has 1 fully saturated rings. The average molecular weight is 457 g/mol. The zero-order chi connectivity index (χ0) is 23.1. The Morgan fingerprint density at radius 1 is 1.21 bits per heavy atom. The third kappa shape index (κ3) is 4.31. The zero-order valence-corrected chi connectivity index (χ0v) is 17.8. The van der Waals surface area contributed by atoms with Crippen molar-refractivity contribution >= 4 is 34.0 Å². The first-order valence-electron chi connectivity index (χ1n) is 10.6. The summed E-state index contributed by atoms with van der Waals surface area (Å²) in [5.41, 5.74) is 6.63. The molecule has 0 saturated heterocycles. The van der Waals surface area contributed by atoms with Gasteiger partial charge in [0.15, 0.2) is 23.3 Å². The lowest BCUT2D eigenvalue weighted by molar-refractivity contribution is -0.113. The van der Waals surface area contributed by atoms with Gasteiger partial charge in [0.25, 0.3) is 5.91 Å². The van der Waals surface area contributed by atoms with E-state index in [4.69, 9.17) is 0 Å². The molecule has 1 aliphatic carbocycles. The van der Waals surface area contributed by atoms with Crippen molar-refractivity contribution in [2.75, 3.05) is 28.8 Å². The molecular weight excluding hydrogens is 435 g/mol. The Hall–Kier alpha value is -3.73. The molecular formula is C22H22F3N7O. The number of anilines is 3. The first-order valence-corrected chi connectivity index (χ1v) is 10.6. The van der Waals surface area contributed by atoms with Crippen LogP contribution in [0.3, 0.4) is 0 Å². The van der Waals surface area contributed by atoms with Crippen molar-refractivity contribution < 1.29 is 18.0 Å². The molecule has 0 bridgehead atoms. The maximum absolute atomic E-state index is 14.7. The molecule has 0 atom stereocenters. The molecule has 2 aromatic heterocycles. The Balaban J connectivity index is 1.27. The van der Waals surface area contributed by atoms with Crippen LogP contribution in [-0.4, -0.2) is 29.5 Å². The average Bonchev–Trinajstić information content (AvgIpc) is 3.36. The van der Waals surface area contributed by atoms with Crippen molar-refractivity contribution in [3.05, 3.63) is 59.9 Å². The minimum Gasteiger partial charge on any atom is -0.359 e. The van der Waals surface area contributed by atoms with Gasteiger partial charge in [0.2, 0.25) is 0 Å². The van der Waals surface area contributed by atoms with Crippen LogP contribution in [0.5, 0.6) is 0 Å². The van der Waals surface area contributed by atoms with Gasteiger partial charge in [-0.1, -0.05) is 12.8 Å². The van der Waals surface area contributed by atoms with Crippen molar-refractivity contribution in [1.29, 1.82) is 0 Å². The van der Waals surface area contributed by atoms with E-state index in [1.165, 1.54) is 42.5 Å². The summed E-state index contributed by atoms with van der Waals surface area (Å²) in [6.07, 6.45) is 7.91. The van der Waals surface area contributed by atoms with Crippen LogP contribution in [0.1, 0.15) is 19.3 Å². The van der Waals surface area contributed by atoms with Gasteiger partial charge in [-0.15, -0.1) is 5.53 Å². The molecule has 172 valence electrons. The number of carbonyl (C=O) groups is 1. The fourth-order valence-corrected chi connectivity index (χ4v) is 3.70. The lowest BCUT2D eigenvalue weighted by Crippen LogP contribution is -2.38. The van der Waals surface area contributed by atoms with E-state index in [0.29, 0.717) is 22.3 Å². The highest BCUT2D eigenvalue weighted by molar-refractivity contribution is 6.08. The number of aromatic amines is 1. The molecule has 0 spiro atoms. The Morgan fingerprint density at radius 3 is 2.76 bits per heavy atom. The Kier molecular flexibility index (Phi) is 5.33. The smallest absolute Gasteiger partial charge is 0.274 e. The second-order valence-electron chi connectivity index (χ2n) is 8.27. The van der Waals surface area contributed by atoms with Gasteiger partial charge in [-0.05, 0) is 18.4 Å². The number of pyridine rings is 1. The van der Waals surface area contributed by atoms with Crippen LogP contribution in [0.15, 0.2) is 42.5 Å². The number of halogens is 3. The Morgan fingerprint density at radius 2 is 2.00 bits per heavy atom. The second-order valence-corrected chi connectivity index (χ2v) is 8.27. The van der Waals surface area contributed by atoms with Gasteiger partial charge in [0.1, 0.15) is 5.70 Å². The molecule has 1 saturated carbocycles. The van der Waals surface area contributed by atoms with E-state index in [1.807, 2.05) is 7.05 Å². The predicted octanol–water partition coefficient (Wildman–Crippen LogP) is 3.53. The van der Waals surface area contributed by atoms with Crippen LogP contribution in [0.25, 0.3) is 10.9 Å². The summed E-state index contributed by atoms with van der Waals surface area (Å²) in [5.74, 6) is -1.97. The Labute approximate surface area is 187 Å². The maximum atomic E-state index is 14.7. The fraction of sp³-hybridized carbons (Fsp3) is 0.273. The first-order chi connectivity index (χ1) is 15.9. The van der Waals surface area contributed by atoms with Crippen molar-refractivity contribution in [3.8, 4) is 0 Å². The zero-order valence-electron chi connectivity index (χ0n) is 17.8. The molecule has 11 heteroatoms. The molecule has 5 rings (SSSR count). The van der Waals surface area contributed by atoms with Gasteiger partial charge in [0.05, 0.1) is 29.3 Å². The van der Waals surface area contributed by atoms with Crippen LogP contribution < -0.4 is 26.2 Å². The van der Waals surface area contributed by atoms with Gasteiger partial charge in [-0.25, -0.2) is 18.2 Å². The summed E-state index contributed by atoms with van der Waals surface area (Å²) in [7, 11) is 1.82. The quantitative estimate of drug-likeness (QED) is 0.434. The molecule has 0 unspecified atom stereocenters. The SMILES string of the molecule is CN(CCC1CC1)c1ncc(N2C=C(C(=O)Nc3c[nH]c4cc(F)c(F)cc34)NN2)cc1F. The number of fused-ring (bicyclic) bond motifs is 1. The third-order valence-corrected chi connectivity index (χ3v) is 5.80. The highest BCUT2D eigenvalue weighted by Gasteiger charge is 2.24. The summed E-state index contributed by atoms with van der Waals surface area (Å²) < 4.78 is 41.7. The lowest BCUT2D eigenvalue weighted by Gasteiger charge is -2.20.